The molecule has 1 saturated heterocycles. The lowest BCUT2D eigenvalue weighted by Gasteiger charge is -2.35. The van der Waals surface area contributed by atoms with Crippen molar-refractivity contribution in [3.8, 4) is 5.75 Å². The molecule has 1 N–H and O–H groups in total. The molecule has 2 rings (SSSR count). The first-order chi connectivity index (χ1) is 10.7. The first kappa shape index (κ1) is 23.2. The van der Waals surface area contributed by atoms with E-state index in [1.165, 1.54) is 31.7 Å². The molecule has 24 heavy (non-hydrogen) atoms. The average Bonchev–Trinajstić information content (AvgIpc) is 2.52. The molecule has 4 nitrogen and oxygen atoms in total. The van der Waals surface area contributed by atoms with Crippen LogP contribution in [0.2, 0.25) is 0 Å². The van der Waals surface area contributed by atoms with E-state index < -0.39 is 0 Å². The minimum Gasteiger partial charge on any atom is -0.427 e. The Morgan fingerprint density at radius 3 is 2.58 bits per heavy atom. The molecule has 1 aliphatic heterocycles. The summed E-state index contributed by atoms with van der Waals surface area (Å²) in [7, 11) is 0. The quantitative estimate of drug-likeness (QED) is 0.443. The third-order valence-electron chi connectivity index (χ3n) is 4.18. The molecule has 138 valence electrons. The van der Waals surface area contributed by atoms with Gasteiger partial charge in [-0.3, -0.25) is 9.69 Å². The Hall–Kier alpha value is -0.810. The van der Waals surface area contributed by atoms with E-state index in [2.05, 4.69) is 23.2 Å². The number of esters is 1. The Labute approximate surface area is 158 Å². The fraction of sp³-hybridized carbons (Fsp3) is 0.611. The van der Waals surface area contributed by atoms with Gasteiger partial charge in [0.1, 0.15) is 5.75 Å². The summed E-state index contributed by atoms with van der Waals surface area (Å²) in [5.41, 5.74) is 1.26. The molecule has 0 unspecified atom stereocenters. The Balaban J connectivity index is 0.00000264. The molecule has 0 aromatic heterocycles. The SMILES string of the molecule is CCCCC[C@H](c1cccc(OC(C)=O)c1)N1CCNCC1.Cl.Cl. The van der Waals surface area contributed by atoms with Crippen molar-refractivity contribution < 1.29 is 9.53 Å². The zero-order valence-electron chi connectivity index (χ0n) is 14.6. The molecule has 1 heterocycles. The first-order valence-electron chi connectivity index (χ1n) is 8.44. The van der Waals surface area contributed by atoms with Crippen LogP contribution >= 0.6 is 24.8 Å². The van der Waals surface area contributed by atoms with E-state index in [9.17, 15) is 4.79 Å². The number of unbranched alkanes of at least 4 members (excludes halogenated alkanes) is 2. The van der Waals surface area contributed by atoms with Crippen LogP contribution in [0.5, 0.6) is 5.75 Å². The third-order valence-corrected chi connectivity index (χ3v) is 4.18. The number of rotatable bonds is 7. The molecule has 0 spiro atoms. The Kier molecular flexibility index (Phi) is 12.1. The van der Waals surface area contributed by atoms with E-state index >= 15 is 0 Å². The molecule has 0 bridgehead atoms. The van der Waals surface area contributed by atoms with Crippen molar-refractivity contribution in [1.82, 2.24) is 10.2 Å². The van der Waals surface area contributed by atoms with Crippen LogP contribution in [-0.2, 0) is 4.79 Å². The number of nitrogens with one attached hydrogen (secondary N) is 1. The van der Waals surface area contributed by atoms with Crippen LogP contribution in [0.4, 0.5) is 0 Å². The highest BCUT2D eigenvalue weighted by molar-refractivity contribution is 5.85. The van der Waals surface area contributed by atoms with Crippen molar-refractivity contribution in [2.75, 3.05) is 26.2 Å². The number of carbonyl (C=O) groups excluding carboxylic acids is 1. The third kappa shape index (κ3) is 7.39. The van der Waals surface area contributed by atoms with E-state index in [1.54, 1.807) is 0 Å². The highest BCUT2D eigenvalue weighted by Crippen LogP contribution is 2.29. The van der Waals surface area contributed by atoms with Gasteiger partial charge in [-0.1, -0.05) is 38.3 Å². The van der Waals surface area contributed by atoms with Gasteiger partial charge in [-0.2, -0.15) is 0 Å². The van der Waals surface area contributed by atoms with Gasteiger partial charge in [-0.15, -0.1) is 24.8 Å². The van der Waals surface area contributed by atoms with E-state index in [1.807, 2.05) is 18.2 Å². The molecule has 1 aromatic rings. The lowest BCUT2D eigenvalue weighted by molar-refractivity contribution is -0.131. The molecular weight excluding hydrogens is 347 g/mol. The molecule has 0 amide bonds. The van der Waals surface area contributed by atoms with Gasteiger partial charge in [0.2, 0.25) is 0 Å². The van der Waals surface area contributed by atoms with Crippen molar-refractivity contribution in [1.29, 1.82) is 0 Å². The van der Waals surface area contributed by atoms with Gasteiger partial charge < -0.3 is 10.1 Å². The number of halogens is 2. The second kappa shape index (κ2) is 12.5. The summed E-state index contributed by atoms with van der Waals surface area (Å²) in [6, 6.07) is 8.45. The van der Waals surface area contributed by atoms with Crippen molar-refractivity contribution in [2.24, 2.45) is 0 Å². The Bertz CT molecular complexity index is 480. The molecule has 1 atom stereocenters. The van der Waals surface area contributed by atoms with E-state index in [-0.39, 0.29) is 30.8 Å². The molecular formula is C18H30Cl2N2O2. The Morgan fingerprint density at radius 2 is 1.96 bits per heavy atom. The van der Waals surface area contributed by atoms with Crippen LogP contribution in [0.1, 0.15) is 51.1 Å². The van der Waals surface area contributed by atoms with Gasteiger partial charge in [0.15, 0.2) is 0 Å². The summed E-state index contributed by atoms with van der Waals surface area (Å²) in [6.07, 6.45) is 4.91. The number of hydrogen-bond donors (Lipinski definition) is 1. The van der Waals surface area contributed by atoms with Crippen molar-refractivity contribution in [2.45, 2.75) is 45.6 Å². The van der Waals surface area contributed by atoms with Crippen molar-refractivity contribution in [3.05, 3.63) is 29.8 Å². The second-order valence-electron chi connectivity index (χ2n) is 5.96. The number of hydrogen-bond acceptors (Lipinski definition) is 4. The van der Waals surface area contributed by atoms with Gasteiger partial charge in [-0.25, -0.2) is 0 Å². The number of ether oxygens (including phenoxy) is 1. The van der Waals surface area contributed by atoms with Gasteiger partial charge >= 0.3 is 5.97 Å². The fourth-order valence-electron chi connectivity index (χ4n) is 3.09. The first-order valence-corrected chi connectivity index (χ1v) is 8.44. The summed E-state index contributed by atoms with van der Waals surface area (Å²) in [6.45, 7) is 7.94. The van der Waals surface area contributed by atoms with E-state index in [0.29, 0.717) is 11.8 Å². The monoisotopic (exact) mass is 376 g/mol. The lowest BCUT2D eigenvalue weighted by Crippen LogP contribution is -2.45. The predicted octanol–water partition coefficient (Wildman–Crippen LogP) is 3.98. The van der Waals surface area contributed by atoms with E-state index in [4.69, 9.17) is 4.74 Å². The second-order valence-corrected chi connectivity index (χ2v) is 5.96. The summed E-state index contributed by atoms with van der Waals surface area (Å²) in [5.74, 6) is 0.391. The standard InChI is InChI=1S/C18H28N2O2.2ClH/c1-3-4-5-9-18(20-12-10-19-11-13-20)16-7-6-8-17(14-16)22-15(2)21;;/h6-8,14,18-19H,3-5,9-13H2,1-2H3;2*1H/t18-;;/m1../s1. The summed E-state index contributed by atoms with van der Waals surface area (Å²) in [4.78, 5) is 13.7. The number of nitrogens with zero attached hydrogens (tertiary/aromatic N) is 1. The van der Waals surface area contributed by atoms with Crippen molar-refractivity contribution >= 4 is 30.8 Å². The zero-order valence-corrected chi connectivity index (χ0v) is 16.3. The highest BCUT2D eigenvalue weighted by Gasteiger charge is 2.22. The zero-order chi connectivity index (χ0) is 15.8. The van der Waals surface area contributed by atoms with Crippen LogP contribution in [-0.4, -0.2) is 37.0 Å². The van der Waals surface area contributed by atoms with Gasteiger partial charge in [0.25, 0.3) is 0 Å². The smallest absolute Gasteiger partial charge is 0.308 e. The van der Waals surface area contributed by atoms with Gasteiger partial charge in [0.05, 0.1) is 0 Å². The minimum atomic E-state index is -0.262. The molecule has 1 aliphatic rings. The van der Waals surface area contributed by atoms with Crippen LogP contribution in [0.25, 0.3) is 0 Å². The lowest BCUT2D eigenvalue weighted by atomic mass is 9.98. The van der Waals surface area contributed by atoms with Crippen LogP contribution in [0.15, 0.2) is 24.3 Å². The largest absolute Gasteiger partial charge is 0.427 e. The normalized spacial score (nSPS) is 15.8. The average molecular weight is 377 g/mol. The summed E-state index contributed by atoms with van der Waals surface area (Å²) < 4.78 is 5.25. The minimum absolute atomic E-state index is 0. The van der Waals surface area contributed by atoms with E-state index in [0.717, 1.165) is 32.6 Å². The van der Waals surface area contributed by atoms with Crippen LogP contribution < -0.4 is 10.1 Å². The maximum atomic E-state index is 11.2. The Morgan fingerprint density at radius 1 is 1.25 bits per heavy atom. The highest BCUT2D eigenvalue weighted by atomic mass is 35.5. The molecule has 1 aromatic carbocycles. The summed E-state index contributed by atoms with van der Waals surface area (Å²) >= 11 is 0. The molecule has 0 aliphatic carbocycles. The van der Waals surface area contributed by atoms with Crippen LogP contribution in [0.3, 0.4) is 0 Å². The molecule has 1 fully saturated rings. The molecule has 6 heteroatoms. The van der Waals surface area contributed by atoms with Gasteiger partial charge in [-0.05, 0) is 24.1 Å². The molecule has 0 saturated carbocycles. The predicted molar refractivity (Wildman–Crippen MR) is 104 cm³/mol. The summed E-state index contributed by atoms with van der Waals surface area (Å²) in [5, 5.41) is 3.41. The van der Waals surface area contributed by atoms with Gasteiger partial charge in [0, 0.05) is 39.1 Å². The fourth-order valence-corrected chi connectivity index (χ4v) is 3.09. The molecule has 0 radical (unpaired) electrons. The maximum absolute atomic E-state index is 11.2. The van der Waals surface area contributed by atoms with Crippen LogP contribution in [0, 0.1) is 0 Å². The topological polar surface area (TPSA) is 41.6 Å². The number of piperazine rings is 1. The number of carbonyl (C=O) groups is 1. The van der Waals surface area contributed by atoms with Crippen molar-refractivity contribution in [3.63, 3.8) is 0 Å². The number of benzene rings is 1. The maximum Gasteiger partial charge on any atom is 0.308 e.